The summed E-state index contributed by atoms with van der Waals surface area (Å²) in [6.07, 6.45) is 3.47. The fraction of sp³-hybridized carbons (Fsp3) is 0.208. The molecular formula is C24H25N3O3. The van der Waals surface area contributed by atoms with Crippen molar-refractivity contribution in [1.29, 1.82) is 0 Å². The van der Waals surface area contributed by atoms with Gasteiger partial charge in [0.15, 0.2) is 0 Å². The van der Waals surface area contributed by atoms with Crippen molar-refractivity contribution in [2.45, 2.75) is 26.4 Å². The number of anilines is 2. The van der Waals surface area contributed by atoms with E-state index in [1.54, 1.807) is 45.3 Å². The van der Waals surface area contributed by atoms with Gasteiger partial charge in [-0.1, -0.05) is 30.3 Å². The molecular weight excluding hydrogens is 378 g/mol. The number of hydrogen-bond acceptors (Lipinski definition) is 4. The average molecular weight is 403 g/mol. The molecule has 0 fully saturated rings. The van der Waals surface area contributed by atoms with Crippen molar-refractivity contribution >= 4 is 23.4 Å². The van der Waals surface area contributed by atoms with E-state index in [-0.39, 0.29) is 6.54 Å². The summed E-state index contributed by atoms with van der Waals surface area (Å²) in [5.74, 6) is -0.477. The number of pyridine rings is 1. The van der Waals surface area contributed by atoms with Crippen LogP contribution >= 0.6 is 0 Å². The van der Waals surface area contributed by atoms with Crippen LogP contribution in [-0.4, -0.2) is 29.1 Å². The largest absolute Gasteiger partial charge is 0.459 e. The Morgan fingerprint density at radius 2 is 1.50 bits per heavy atom. The lowest BCUT2D eigenvalue weighted by molar-refractivity contribution is -0.152. The quantitative estimate of drug-likeness (QED) is 0.600. The molecule has 0 unspecified atom stereocenters. The van der Waals surface area contributed by atoms with Gasteiger partial charge in [-0.2, -0.15) is 0 Å². The van der Waals surface area contributed by atoms with E-state index in [0.29, 0.717) is 11.4 Å². The SMILES string of the molecule is CC(C)(C)OC(=O)CN(C(=O)Nc1ccc(-c2ccncc2)cc1)c1ccccc1. The second kappa shape index (κ2) is 9.22. The zero-order chi connectivity index (χ0) is 21.6. The molecule has 3 rings (SSSR count). The highest BCUT2D eigenvalue weighted by atomic mass is 16.6. The number of urea groups is 1. The smallest absolute Gasteiger partial charge is 0.326 e. The summed E-state index contributed by atoms with van der Waals surface area (Å²) < 4.78 is 5.39. The number of hydrogen-bond donors (Lipinski definition) is 1. The number of esters is 1. The van der Waals surface area contributed by atoms with Gasteiger partial charge in [-0.25, -0.2) is 4.79 Å². The van der Waals surface area contributed by atoms with Crippen molar-refractivity contribution in [1.82, 2.24) is 4.98 Å². The van der Waals surface area contributed by atoms with Gasteiger partial charge < -0.3 is 10.1 Å². The van der Waals surface area contributed by atoms with Gasteiger partial charge >= 0.3 is 12.0 Å². The van der Waals surface area contributed by atoms with E-state index in [1.165, 1.54) is 4.90 Å². The molecule has 6 nitrogen and oxygen atoms in total. The lowest BCUT2D eigenvalue weighted by Crippen LogP contribution is -2.41. The van der Waals surface area contributed by atoms with Gasteiger partial charge in [-0.05, 0) is 68.3 Å². The lowest BCUT2D eigenvalue weighted by Gasteiger charge is -2.25. The summed E-state index contributed by atoms with van der Waals surface area (Å²) in [5.41, 5.74) is 2.67. The summed E-state index contributed by atoms with van der Waals surface area (Å²) in [4.78, 5) is 30.7. The molecule has 0 atom stereocenters. The molecule has 3 aromatic rings. The minimum absolute atomic E-state index is 0.192. The van der Waals surface area contributed by atoms with Crippen molar-refractivity contribution in [2.24, 2.45) is 0 Å². The van der Waals surface area contributed by atoms with Crippen LogP contribution in [0.3, 0.4) is 0 Å². The number of carbonyl (C=O) groups is 2. The molecule has 0 saturated carbocycles. The van der Waals surface area contributed by atoms with Gasteiger partial charge in [0.2, 0.25) is 0 Å². The van der Waals surface area contributed by atoms with E-state index in [1.807, 2.05) is 54.6 Å². The zero-order valence-corrected chi connectivity index (χ0v) is 17.3. The molecule has 0 radical (unpaired) electrons. The van der Waals surface area contributed by atoms with Crippen molar-refractivity contribution in [3.63, 3.8) is 0 Å². The van der Waals surface area contributed by atoms with Crippen LogP contribution in [0.15, 0.2) is 79.1 Å². The predicted octanol–water partition coefficient (Wildman–Crippen LogP) is 5.13. The topological polar surface area (TPSA) is 71.5 Å². The number of ether oxygens (including phenoxy) is 1. The Morgan fingerprint density at radius 1 is 0.900 bits per heavy atom. The fourth-order valence-corrected chi connectivity index (χ4v) is 2.87. The van der Waals surface area contributed by atoms with Crippen LogP contribution in [0.5, 0.6) is 0 Å². The molecule has 0 aliphatic rings. The molecule has 154 valence electrons. The van der Waals surface area contributed by atoms with E-state index < -0.39 is 17.6 Å². The molecule has 30 heavy (non-hydrogen) atoms. The first-order valence-corrected chi connectivity index (χ1v) is 9.68. The molecule has 0 spiro atoms. The zero-order valence-electron chi connectivity index (χ0n) is 17.3. The minimum atomic E-state index is -0.626. The van der Waals surface area contributed by atoms with Gasteiger partial charge in [0.05, 0.1) is 0 Å². The van der Waals surface area contributed by atoms with Crippen LogP contribution < -0.4 is 10.2 Å². The molecule has 0 aliphatic heterocycles. The van der Waals surface area contributed by atoms with E-state index in [9.17, 15) is 9.59 Å². The summed E-state index contributed by atoms with van der Waals surface area (Å²) in [5, 5.41) is 2.85. The summed E-state index contributed by atoms with van der Waals surface area (Å²) in [6, 6.07) is 20.0. The van der Waals surface area contributed by atoms with Gasteiger partial charge in [0, 0.05) is 23.8 Å². The Morgan fingerprint density at radius 3 is 2.10 bits per heavy atom. The number of para-hydroxylation sites is 1. The molecule has 0 bridgehead atoms. The fourth-order valence-electron chi connectivity index (χ4n) is 2.87. The molecule has 2 amide bonds. The molecule has 1 heterocycles. The van der Waals surface area contributed by atoms with Crippen molar-refractivity contribution in [3.8, 4) is 11.1 Å². The maximum absolute atomic E-state index is 13.0. The number of aromatic nitrogens is 1. The normalized spacial score (nSPS) is 10.9. The van der Waals surface area contributed by atoms with E-state index in [2.05, 4.69) is 10.3 Å². The van der Waals surface area contributed by atoms with E-state index in [4.69, 9.17) is 4.74 Å². The molecule has 1 N–H and O–H groups in total. The molecule has 0 saturated heterocycles. The first-order chi connectivity index (χ1) is 14.3. The lowest BCUT2D eigenvalue weighted by atomic mass is 10.1. The highest BCUT2D eigenvalue weighted by Crippen LogP contribution is 2.22. The maximum Gasteiger partial charge on any atom is 0.326 e. The number of rotatable bonds is 5. The van der Waals surface area contributed by atoms with Crippen LogP contribution in [0.2, 0.25) is 0 Å². The third-order valence-corrected chi connectivity index (χ3v) is 4.17. The van der Waals surface area contributed by atoms with E-state index in [0.717, 1.165) is 11.1 Å². The number of nitrogens with one attached hydrogen (secondary N) is 1. The molecule has 6 heteroatoms. The summed E-state index contributed by atoms with van der Waals surface area (Å²) in [6.45, 7) is 5.19. The van der Waals surface area contributed by atoms with Gasteiger partial charge in [-0.15, -0.1) is 0 Å². The highest BCUT2D eigenvalue weighted by Gasteiger charge is 2.23. The van der Waals surface area contributed by atoms with Gasteiger partial charge in [-0.3, -0.25) is 14.7 Å². The third kappa shape index (κ3) is 5.91. The average Bonchev–Trinajstić information content (AvgIpc) is 2.72. The molecule has 1 aromatic heterocycles. The Hall–Kier alpha value is -3.67. The van der Waals surface area contributed by atoms with Gasteiger partial charge in [0.1, 0.15) is 12.1 Å². The second-order valence-corrected chi connectivity index (χ2v) is 7.75. The third-order valence-electron chi connectivity index (χ3n) is 4.17. The van der Waals surface area contributed by atoms with Crippen LogP contribution in [0.4, 0.5) is 16.2 Å². The summed E-state index contributed by atoms with van der Waals surface area (Å²) >= 11 is 0. The van der Waals surface area contributed by atoms with Crippen LogP contribution in [0.1, 0.15) is 20.8 Å². The monoisotopic (exact) mass is 403 g/mol. The van der Waals surface area contributed by atoms with Crippen molar-refractivity contribution in [2.75, 3.05) is 16.8 Å². The van der Waals surface area contributed by atoms with Crippen molar-refractivity contribution in [3.05, 3.63) is 79.1 Å². The molecule has 2 aromatic carbocycles. The molecule has 0 aliphatic carbocycles. The number of benzene rings is 2. The second-order valence-electron chi connectivity index (χ2n) is 7.75. The Bertz CT molecular complexity index is 982. The maximum atomic E-state index is 13.0. The van der Waals surface area contributed by atoms with E-state index >= 15 is 0 Å². The first-order valence-electron chi connectivity index (χ1n) is 9.68. The Kier molecular flexibility index (Phi) is 6.47. The first kappa shape index (κ1) is 21.0. The number of amides is 2. The van der Waals surface area contributed by atoms with Gasteiger partial charge in [0.25, 0.3) is 0 Å². The minimum Gasteiger partial charge on any atom is -0.459 e. The van der Waals surface area contributed by atoms with Crippen molar-refractivity contribution < 1.29 is 14.3 Å². The Labute approximate surface area is 176 Å². The standard InChI is InChI=1S/C24H25N3O3/c1-24(2,3)30-22(28)17-27(21-7-5-4-6-8-21)23(29)26-20-11-9-18(10-12-20)19-13-15-25-16-14-19/h4-16H,17H2,1-3H3,(H,26,29). The highest BCUT2D eigenvalue weighted by molar-refractivity contribution is 6.04. The number of carbonyl (C=O) groups excluding carboxylic acids is 2. The van der Waals surface area contributed by atoms with Crippen LogP contribution in [0, 0.1) is 0 Å². The predicted molar refractivity (Wildman–Crippen MR) is 118 cm³/mol. The Balaban J connectivity index is 1.75. The number of nitrogens with zero attached hydrogens (tertiary/aromatic N) is 2. The summed E-state index contributed by atoms with van der Waals surface area (Å²) in [7, 11) is 0. The van der Waals surface area contributed by atoms with Crippen LogP contribution in [0.25, 0.3) is 11.1 Å². The van der Waals surface area contributed by atoms with Crippen LogP contribution in [-0.2, 0) is 9.53 Å².